The standard InChI is InChI=1S/C9H18N4OS/c1-9(2,13(3)4)6-14-8-12-11-7(5-10)15-8/h5-6,10H2,1-4H3. The quantitative estimate of drug-likeness (QED) is 0.807. The van der Waals surface area contributed by atoms with E-state index in [1.54, 1.807) is 0 Å². The van der Waals surface area contributed by atoms with Gasteiger partial charge in [-0.1, -0.05) is 11.3 Å². The van der Waals surface area contributed by atoms with E-state index >= 15 is 0 Å². The van der Waals surface area contributed by atoms with Gasteiger partial charge in [-0.3, -0.25) is 0 Å². The highest BCUT2D eigenvalue weighted by molar-refractivity contribution is 7.13. The van der Waals surface area contributed by atoms with Gasteiger partial charge < -0.3 is 15.4 Å². The van der Waals surface area contributed by atoms with E-state index in [-0.39, 0.29) is 5.54 Å². The Hall–Kier alpha value is -0.720. The molecule has 0 amide bonds. The van der Waals surface area contributed by atoms with Crippen LogP contribution in [-0.4, -0.2) is 41.3 Å². The Kier molecular flexibility index (Phi) is 4.01. The molecule has 0 unspecified atom stereocenters. The van der Waals surface area contributed by atoms with Gasteiger partial charge in [0.2, 0.25) is 0 Å². The highest BCUT2D eigenvalue weighted by Crippen LogP contribution is 2.19. The summed E-state index contributed by atoms with van der Waals surface area (Å²) in [6.07, 6.45) is 0. The van der Waals surface area contributed by atoms with E-state index < -0.39 is 0 Å². The summed E-state index contributed by atoms with van der Waals surface area (Å²) < 4.78 is 5.56. The van der Waals surface area contributed by atoms with Crippen LogP contribution < -0.4 is 10.5 Å². The average molecular weight is 230 g/mol. The Morgan fingerprint density at radius 2 is 2.07 bits per heavy atom. The Morgan fingerprint density at radius 1 is 1.40 bits per heavy atom. The van der Waals surface area contributed by atoms with Crippen LogP contribution in [0, 0.1) is 0 Å². The normalized spacial score (nSPS) is 12.1. The Balaban J connectivity index is 2.50. The van der Waals surface area contributed by atoms with Crippen LogP contribution in [0.15, 0.2) is 0 Å². The molecule has 0 aliphatic rings. The third kappa shape index (κ3) is 3.40. The summed E-state index contributed by atoms with van der Waals surface area (Å²) in [6, 6.07) is 0. The molecule has 15 heavy (non-hydrogen) atoms. The Labute approximate surface area is 94.2 Å². The maximum absolute atomic E-state index is 5.56. The molecule has 0 saturated heterocycles. The summed E-state index contributed by atoms with van der Waals surface area (Å²) in [5.41, 5.74) is 5.42. The van der Waals surface area contributed by atoms with Gasteiger partial charge in [-0.2, -0.15) is 0 Å². The first kappa shape index (κ1) is 12.4. The molecule has 0 aliphatic heterocycles. The van der Waals surface area contributed by atoms with Crippen molar-refractivity contribution in [3.63, 3.8) is 0 Å². The SMILES string of the molecule is CN(C)C(C)(C)COc1nnc(CN)s1. The van der Waals surface area contributed by atoms with Crippen LogP contribution in [0.4, 0.5) is 0 Å². The molecule has 6 heteroatoms. The minimum Gasteiger partial charge on any atom is -0.467 e. The second kappa shape index (κ2) is 4.87. The molecule has 1 rings (SSSR count). The zero-order chi connectivity index (χ0) is 11.5. The van der Waals surface area contributed by atoms with Crippen molar-refractivity contribution in [2.75, 3.05) is 20.7 Å². The van der Waals surface area contributed by atoms with Gasteiger partial charge in [0.25, 0.3) is 5.19 Å². The molecule has 0 atom stereocenters. The predicted molar refractivity (Wildman–Crippen MR) is 61.1 cm³/mol. The van der Waals surface area contributed by atoms with Crippen LogP contribution in [0.2, 0.25) is 0 Å². The monoisotopic (exact) mass is 230 g/mol. The number of ether oxygens (including phenoxy) is 1. The van der Waals surface area contributed by atoms with E-state index in [1.807, 2.05) is 14.1 Å². The Bertz CT molecular complexity index is 311. The lowest BCUT2D eigenvalue weighted by Gasteiger charge is -2.31. The van der Waals surface area contributed by atoms with Gasteiger partial charge in [0.05, 0.1) is 0 Å². The van der Waals surface area contributed by atoms with Gasteiger partial charge in [0.15, 0.2) is 0 Å². The fraction of sp³-hybridized carbons (Fsp3) is 0.778. The van der Waals surface area contributed by atoms with Gasteiger partial charge in [-0.25, -0.2) is 0 Å². The molecular weight excluding hydrogens is 212 g/mol. The molecule has 1 heterocycles. The van der Waals surface area contributed by atoms with E-state index in [0.717, 1.165) is 5.01 Å². The number of nitrogens with zero attached hydrogens (tertiary/aromatic N) is 3. The van der Waals surface area contributed by atoms with Gasteiger partial charge in [0.1, 0.15) is 11.6 Å². The van der Waals surface area contributed by atoms with Crippen molar-refractivity contribution in [2.24, 2.45) is 5.73 Å². The molecule has 0 aliphatic carbocycles. The fourth-order valence-electron chi connectivity index (χ4n) is 0.746. The van der Waals surface area contributed by atoms with Crippen LogP contribution >= 0.6 is 11.3 Å². The van der Waals surface area contributed by atoms with Crippen molar-refractivity contribution < 1.29 is 4.74 Å². The van der Waals surface area contributed by atoms with Crippen molar-refractivity contribution in [1.82, 2.24) is 15.1 Å². The number of hydrogen-bond acceptors (Lipinski definition) is 6. The number of likely N-dealkylation sites (N-methyl/N-ethyl adjacent to an activating group) is 1. The highest BCUT2D eigenvalue weighted by atomic mass is 32.1. The lowest BCUT2D eigenvalue weighted by molar-refractivity contribution is 0.113. The van der Waals surface area contributed by atoms with Crippen LogP contribution in [0.5, 0.6) is 5.19 Å². The van der Waals surface area contributed by atoms with E-state index in [2.05, 4.69) is 28.9 Å². The summed E-state index contributed by atoms with van der Waals surface area (Å²) in [6.45, 7) is 5.22. The molecule has 0 aromatic carbocycles. The molecule has 0 saturated carbocycles. The third-order valence-electron chi connectivity index (χ3n) is 2.38. The maximum Gasteiger partial charge on any atom is 0.294 e. The van der Waals surface area contributed by atoms with E-state index in [9.17, 15) is 0 Å². The van der Waals surface area contributed by atoms with Gasteiger partial charge in [-0.05, 0) is 27.9 Å². The smallest absolute Gasteiger partial charge is 0.294 e. The average Bonchev–Trinajstić information content (AvgIpc) is 2.62. The zero-order valence-electron chi connectivity index (χ0n) is 9.65. The fourth-order valence-corrected chi connectivity index (χ4v) is 1.31. The Morgan fingerprint density at radius 3 is 2.53 bits per heavy atom. The predicted octanol–water partition coefficient (Wildman–Crippen LogP) is 0.716. The van der Waals surface area contributed by atoms with Crippen LogP contribution in [0.1, 0.15) is 18.9 Å². The molecular formula is C9H18N4OS. The van der Waals surface area contributed by atoms with Crippen molar-refractivity contribution >= 4 is 11.3 Å². The molecule has 0 fully saturated rings. The topological polar surface area (TPSA) is 64.3 Å². The second-order valence-corrected chi connectivity index (χ2v) is 5.19. The molecule has 2 N–H and O–H groups in total. The summed E-state index contributed by atoms with van der Waals surface area (Å²) >= 11 is 1.40. The number of nitrogens with two attached hydrogens (primary N) is 1. The van der Waals surface area contributed by atoms with Crippen molar-refractivity contribution in [3.8, 4) is 5.19 Å². The third-order valence-corrected chi connectivity index (χ3v) is 3.24. The first-order chi connectivity index (χ1) is 6.95. The van der Waals surface area contributed by atoms with Crippen molar-refractivity contribution in [1.29, 1.82) is 0 Å². The van der Waals surface area contributed by atoms with Gasteiger partial charge in [0, 0.05) is 12.1 Å². The second-order valence-electron chi connectivity index (χ2n) is 4.16. The van der Waals surface area contributed by atoms with Crippen LogP contribution in [0.3, 0.4) is 0 Å². The largest absolute Gasteiger partial charge is 0.467 e. The molecule has 1 aromatic heterocycles. The zero-order valence-corrected chi connectivity index (χ0v) is 10.5. The number of hydrogen-bond donors (Lipinski definition) is 1. The van der Waals surface area contributed by atoms with E-state index in [4.69, 9.17) is 10.5 Å². The molecule has 0 bridgehead atoms. The summed E-state index contributed by atoms with van der Waals surface area (Å²) in [5.74, 6) is 0. The van der Waals surface area contributed by atoms with E-state index in [0.29, 0.717) is 18.3 Å². The van der Waals surface area contributed by atoms with Crippen molar-refractivity contribution in [2.45, 2.75) is 25.9 Å². The minimum absolute atomic E-state index is 0.0193. The van der Waals surface area contributed by atoms with Gasteiger partial charge >= 0.3 is 0 Å². The summed E-state index contributed by atoms with van der Waals surface area (Å²) in [7, 11) is 4.05. The maximum atomic E-state index is 5.56. The van der Waals surface area contributed by atoms with Gasteiger partial charge in [-0.15, -0.1) is 10.2 Å². The molecule has 0 radical (unpaired) electrons. The summed E-state index contributed by atoms with van der Waals surface area (Å²) in [5, 5.41) is 9.17. The molecule has 0 spiro atoms. The molecule has 86 valence electrons. The molecule has 5 nitrogen and oxygen atoms in total. The van der Waals surface area contributed by atoms with Crippen LogP contribution in [0.25, 0.3) is 0 Å². The number of rotatable bonds is 5. The first-order valence-electron chi connectivity index (χ1n) is 4.78. The van der Waals surface area contributed by atoms with Crippen LogP contribution in [-0.2, 0) is 6.54 Å². The minimum atomic E-state index is -0.0193. The lowest BCUT2D eigenvalue weighted by Crippen LogP contribution is -2.43. The van der Waals surface area contributed by atoms with E-state index in [1.165, 1.54) is 11.3 Å². The molecule has 1 aromatic rings. The summed E-state index contributed by atoms with van der Waals surface area (Å²) in [4.78, 5) is 2.11. The van der Waals surface area contributed by atoms with Crippen molar-refractivity contribution in [3.05, 3.63) is 5.01 Å². The lowest BCUT2D eigenvalue weighted by atomic mass is 10.1. The number of aromatic nitrogens is 2. The highest BCUT2D eigenvalue weighted by Gasteiger charge is 2.22. The first-order valence-corrected chi connectivity index (χ1v) is 5.60.